The van der Waals surface area contributed by atoms with Crippen LogP contribution in [0.25, 0.3) is 0 Å². The molecule has 10 heteroatoms. The van der Waals surface area contributed by atoms with E-state index in [1.165, 1.54) is 18.3 Å². The summed E-state index contributed by atoms with van der Waals surface area (Å²) < 4.78 is 25.5. The monoisotopic (exact) mass is 519 g/mol. The van der Waals surface area contributed by atoms with Gasteiger partial charge in [-0.1, -0.05) is 35.9 Å². The lowest BCUT2D eigenvalue weighted by Crippen LogP contribution is -2.31. The van der Waals surface area contributed by atoms with Gasteiger partial charge in [-0.15, -0.1) is 11.3 Å². The van der Waals surface area contributed by atoms with E-state index in [0.717, 1.165) is 9.21 Å². The molecule has 5 atom stereocenters. The van der Waals surface area contributed by atoms with Gasteiger partial charge in [-0.3, -0.25) is 9.52 Å². The van der Waals surface area contributed by atoms with Crippen LogP contribution in [0.1, 0.15) is 50.3 Å². The van der Waals surface area contributed by atoms with Gasteiger partial charge in [0, 0.05) is 23.6 Å². The van der Waals surface area contributed by atoms with Crippen molar-refractivity contribution in [1.29, 1.82) is 0 Å². The fraction of sp³-hybridized carbons (Fsp3) is 0.609. The number of hydrogen-bond donors (Lipinski definition) is 4. The number of aliphatic hydroxyl groups excluding tert-OH is 3. The summed E-state index contributed by atoms with van der Waals surface area (Å²) in [5.74, 6) is -1.05. The van der Waals surface area contributed by atoms with Gasteiger partial charge < -0.3 is 15.3 Å². The Morgan fingerprint density at radius 2 is 2.06 bits per heavy atom. The molecule has 2 rings (SSSR count). The van der Waals surface area contributed by atoms with Gasteiger partial charge in [-0.2, -0.15) is 0 Å². The Morgan fingerprint density at radius 3 is 2.73 bits per heavy atom. The highest BCUT2D eigenvalue weighted by Crippen LogP contribution is 2.36. The number of amides is 1. The van der Waals surface area contributed by atoms with Gasteiger partial charge in [0.05, 0.1) is 28.4 Å². The summed E-state index contributed by atoms with van der Waals surface area (Å²) in [7, 11) is -3.52. The number of nitrogens with one attached hydrogen (secondary N) is 1. The first-order valence-corrected chi connectivity index (χ1v) is 14.1. The van der Waals surface area contributed by atoms with E-state index < -0.39 is 34.2 Å². The standard InChI is InChI=1S/C23H34ClNO6S2/c1-2-33(30,31)25-23(29)8-6-4-3-5-7-18-19(21(28)15-20(18)27)13-10-16(26)9-11-17-12-14-22(24)32-17/h3,5,10,12-14,16,18-21,26-28H,2,4,6-9,11,15H2,1H3,(H,25,29)/b5-3+,13-10+/t16-,18+,19+,20-,21+/m0/s1. The molecule has 1 aliphatic carbocycles. The fourth-order valence-corrected chi connectivity index (χ4v) is 5.58. The Balaban J connectivity index is 1.76. The molecule has 0 spiro atoms. The van der Waals surface area contributed by atoms with E-state index in [0.29, 0.717) is 38.5 Å². The molecule has 0 radical (unpaired) electrons. The molecule has 0 aromatic carbocycles. The maximum atomic E-state index is 11.6. The number of thiophene rings is 1. The summed E-state index contributed by atoms with van der Waals surface area (Å²) in [6.07, 6.45) is 8.76. The van der Waals surface area contributed by atoms with E-state index in [1.807, 2.05) is 35.1 Å². The number of sulfonamides is 1. The first kappa shape index (κ1) is 28.0. The predicted octanol–water partition coefficient (Wildman–Crippen LogP) is 3.19. The van der Waals surface area contributed by atoms with Gasteiger partial charge in [0.25, 0.3) is 0 Å². The lowest BCUT2D eigenvalue weighted by Gasteiger charge is -2.19. The molecule has 1 aromatic heterocycles. The number of halogens is 1. The second-order valence-corrected chi connectivity index (χ2v) is 12.1. The summed E-state index contributed by atoms with van der Waals surface area (Å²) in [6.45, 7) is 1.47. The Labute approximate surface area is 205 Å². The third kappa shape index (κ3) is 9.88. The highest BCUT2D eigenvalue weighted by atomic mass is 35.5. The summed E-state index contributed by atoms with van der Waals surface area (Å²) in [6, 6.07) is 3.78. The number of aliphatic hydroxyl groups is 3. The molecule has 0 bridgehead atoms. The van der Waals surface area contributed by atoms with Crippen LogP contribution in [-0.2, 0) is 21.2 Å². The van der Waals surface area contributed by atoms with E-state index in [-0.39, 0.29) is 24.0 Å². The van der Waals surface area contributed by atoms with Crippen LogP contribution in [0.15, 0.2) is 36.4 Å². The highest BCUT2D eigenvalue weighted by molar-refractivity contribution is 7.90. The molecular formula is C23H34ClNO6S2. The number of rotatable bonds is 13. The number of aryl methyl sites for hydroxylation is 1. The topological polar surface area (TPSA) is 124 Å². The zero-order chi connectivity index (χ0) is 24.4. The Morgan fingerprint density at radius 1 is 1.30 bits per heavy atom. The summed E-state index contributed by atoms with van der Waals surface area (Å²) in [5.41, 5.74) is 0. The van der Waals surface area contributed by atoms with Gasteiger partial charge in [-0.25, -0.2) is 8.42 Å². The zero-order valence-electron chi connectivity index (χ0n) is 18.8. The predicted molar refractivity (Wildman–Crippen MR) is 132 cm³/mol. The summed E-state index contributed by atoms with van der Waals surface area (Å²) in [4.78, 5) is 12.7. The molecule has 0 aliphatic heterocycles. The van der Waals surface area contributed by atoms with Crippen molar-refractivity contribution < 1.29 is 28.5 Å². The minimum atomic E-state index is -3.52. The van der Waals surface area contributed by atoms with Crippen LogP contribution in [-0.4, -0.2) is 53.7 Å². The SMILES string of the molecule is CCS(=O)(=O)NC(=O)CCC/C=C/C[C@@H]1[C@@H](/C=C/[C@@H](O)CCc2ccc(Cl)s2)[C@H](O)C[C@@H]1O. The molecule has 1 aromatic rings. The van der Waals surface area contributed by atoms with Crippen molar-refractivity contribution in [3.05, 3.63) is 45.7 Å². The second kappa shape index (κ2) is 13.6. The zero-order valence-corrected chi connectivity index (χ0v) is 21.2. The Kier molecular flexibility index (Phi) is 11.5. The lowest BCUT2D eigenvalue weighted by molar-refractivity contribution is -0.119. The molecule has 0 unspecified atom stereocenters. The first-order chi connectivity index (χ1) is 15.6. The molecule has 4 N–H and O–H groups in total. The van der Waals surface area contributed by atoms with Crippen LogP contribution < -0.4 is 4.72 Å². The number of carbonyl (C=O) groups is 1. The second-order valence-electron chi connectivity index (χ2n) is 8.34. The Bertz CT molecular complexity index is 914. The maximum absolute atomic E-state index is 11.6. The van der Waals surface area contributed by atoms with Crippen molar-refractivity contribution in [2.45, 2.75) is 70.2 Å². The molecule has 1 aliphatic rings. The Hall–Kier alpha value is -1.23. The van der Waals surface area contributed by atoms with Gasteiger partial charge in [-0.05, 0) is 57.1 Å². The largest absolute Gasteiger partial charge is 0.393 e. The average molecular weight is 520 g/mol. The maximum Gasteiger partial charge on any atom is 0.234 e. The molecule has 1 saturated carbocycles. The summed E-state index contributed by atoms with van der Waals surface area (Å²) >= 11 is 7.42. The van der Waals surface area contributed by atoms with Crippen LogP contribution in [0.5, 0.6) is 0 Å². The quantitative estimate of drug-likeness (QED) is 0.234. The third-order valence-electron chi connectivity index (χ3n) is 5.79. The van der Waals surface area contributed by atoms with Crippen LogP contribution in [0.2, 0.25) is 4.34 Å². The summed E-state index contributed by atoms with van der Waals surface area (Å²) in [5, 5.41) is 31.0. The molecule has 0 saturated heterocycles. The van der Waals surface area contributed by atoms with E-state index in [1.54, 1.807) is 6.08 Å². The molecule has 1 amide bonds. The van der Waals surface area contributed by atoms with E-state index in [4.69, 9.17) is 11.6 Å². The van der Waals surface area contributed by atoms with Gasteiger partial charge >= 0.3 is 0 Å². The first-order valence-electron chi connectivity index (χ1n) is 11.3. The number of hydrogen-bond acceptors (Lipinski definition) is 7. The number of allylic oxidation sites excluding steroid dienone is 2. The van der Waals surface area contributed by atoms with Crippen LogP contribution in [0.3, 0.4) is 0 Å². The lowest BCUT2D eigenvalue weighted by atomic mass is 9.89. The molecule has 186 valence electrons. The minimum Gasteiger partial charge on any atom is -0.393 e. The van der Waals surface area contributed by atoms with E-state index in [2.05, 4.69) is 0 Å². The van der Waals surface area contributed by atoms with Crippen LogP contribution in [0.4, 0.5) is 0 Å². The van der Waals surface area contributed by atoms with E-state index >= 15 is 0 Å². The van der Waals surface area contributed by atoms with Crippen molar-refractivity contribution in [3.8, 4) is 0 Å². The molecule has 1 heterocycles. The van der Waals surface area contributed by atoms with Crippen molar-refractivity contribution in [3.63, 3.8) is 0 Å². The molecule has 1 fully saturated rings. The molecule has 7 nitrogen and oxygen atoms in total. The average Bonchev–Trinajstić information content (AvgIpc) is 3.28. The normalized spacial score (nSPS) is 24.6. The van der Waals surface area contributed by atoms with Crippen molar-refractivity contribution in [2.24, 2.45) is 11.8 Å². The van der Waals surface area contributed by atoms with Gasteiger partial charge in [0.2, 0.25) is 15.9 Å². The van der Waals surface area contributed by atoms with Crippen molar-refractivity contribution in [1.82, 2.24) is 4.72 Å². The third-order valence-corrected chi connectivity index (χ3v) is 8.38. The van der Waals surface area contributed by atoms with Crippen LogP contribution >= 0.6 is 22.9 Å². The number of carbonyl (C=O) groups excluding carboxylic acids is 1. The fourth-order valence-electron chi connectivity index (χ4n) is 3.88. The van der Waals surface area contributed by atoms with Crippen molar-refractivity contribution >= 4 is 38.9 Å². The minimum absolute atomic E-state index is 0.120. The van der Waals surface area contributed by atoms with Gasteiger partial charge in [0.1, 0.15) is 0 Å². The molecular weight excluding hydrogens is 486 g/mol. The number of unbranched alkanes of at least 4 members (excludes halogenated alkanes) is 1. The molecule has 33 heavy (non-hydrogen) atoms. The van der Waals surface area contributed by atoms with E-state index in [9.17, 15) is 28.5 Å². The van der Waals surface area contributed by atoms with Crippen molar-refractivity contribution in [2.75, 3.05) is 5.75 Å². The van der Waals surface area contributed by atoms with Crippen LogP contribution in [0, 0.1) is 11.8 Å². The highest BCUT2D eigenvalue weighted by Gasteiger charge is 2.39. The van der Waals surface area contributed by atoms with Gasteiger partial charge in [0.15, 0.2) is 0 Å². The smallest absolute Gasteiger partial charge is 0.234 e.